The molecule has 0 spiro atoms. The maximum atomic E-state index is 7.15. The van der Waals surface area contributed by atoms with Crippen molar-refractivity contribution in [2.75, 3.05) is 20.1 Å². The number of nitrogens with two attached hydrogens (primary N) is 1. The Balaban J connectivity index is 2.13. The molecule has 88 valence electrons. The number of hydrogen-bond acceptors (Lipinski definition) is 2. The second-order valence-electron chi connectivity index (χ2n) is 4.17. The Labute approximate surface area is 97.8 Å². The van der Waals surface area contributed by atoms with Crippen molar-refractivity contribution in [2.45, 2.75) is 19.3 Å². The van der Waals surface area contributed by atoms with E-state index < -0.39 is 0 Å². The molecule has 0 amide bonds. The highest BCUT2D eigenvalue weighted by atomic mass is 15.1. The lowest BCUT2D eigenvalue weighted by molar-refractivity contribution is 0.339. The van der Waals surface area contributed by atoms with Crippen LogP contribution in [0.3, 0.4) is 0 Å². The molecule has 0 heterocycles. The zero-order valence-electron chi connectivity index (χ0n) is 9.95. The van der Waals surface area contributed by atoms with Gasteiger partial charge in [-0.1, -0.05) is 30.3 Å². The minimum atomic E-state index is 0.273. The van der Waals surface area contributed by atoms with E-state index in [9.17, 15) is 0 Å². The number of hydrogen-bond donors (Lipinski definition) is 2. The van der Waals surface area contributed by atoms with Crippen LogP contribution in [-0.2, 0) is 6.42 Å². The third kappa shape index (κ3) is 5.51. The second kappa shape index (κ2) is 7.01. The summed E-state index contributed by atoms with van der Waals surface area (Å²) in [6, 6.07) is 10.5. The van der Waals surface area contributed by atoms with Crippen molar-refractivity contribution < 1.29 is 0 Å². The van der Waals surface area contributed by atoms with Crippen LogP contribution in [0.4, 0.5) is 0 Å². The number of aryl methyl sites for hydroxylation is 1. The van der Waals surface area contributed by atoms with Crippen molar-refractivity contribution in [3.05, 3.63) is 35.9 Å². The van der Waals surface area contributed by atoms with Crippen molar-refractivity contribution >= 4 is 5.84 Å². The monoisotopic (exact) mass is 219 g/mol. The normalized spacial score (nSPS) is 10.6. The van der Waals surface area contributed by atoms with Gasteiger partial charge >= 0.3 is 0 Å². The van der Waals surface area contributed by atoms with Gasteiger partial charge in [-0.05, 0) is 32.0 Å². The van der Waals surface area contributed by atoms with Crippen LogP contribution >= 0.6 is 0 Å². The molecule has 3 heteroatoms. The van der Waals surface area contributed by atoms with Gasteiger partial charge in [-0.25, -0.2) is 0 Å². The smallest absolute Gasteiger partial charge is 0.0918 e. The SMILES string of the molecule is CN(CCCc1ccccc1)CCC(=N)N. The molecule has 3 N–H and O–H groups in total. The summed E-state index contributed by atoms with van der Waals surface area (Å²) in [5.74, 6) is 0.273. The number of nitrogens with zero attached hydrogens (tertiary/aromatic N) is 1. The molecule has 0 aliphatic carbocycles. The van der Waals surface area contributed by atoms with Gasteiger partial charge in [-0.2, -0.15) is 0 Å². The molecule has 0 aliphatic heterocycles. The fraction of sp³-hybridized carbons (Fsp3) is 0.462. The van der Waals surface area contributed by atoms with E-state index in [0.29, 0.717) is 6.42 Å². The molecule has 0 unspecified atom stereocenters. The first-order valence-corrected chi connectivity index (χ1v) is 5.74. The average molecular weight is 219 g/mol. The molecule has 0 saturated heterocycles. The van der Waals surface area contributed by atoms with Gasteiger partial charge in [0, 0.05) is 13.0 Å². The number of rotatable bonds is 7. The van der Waals surface area contributed by atoms with Crippen LogP contribution in [0.2, 0.25) is 0 Å². The maximum absolute atomic E-state index is 7.15. The van der Waals surface area contributed by atoms with E-state index in [1.165, 1.54) is 5.56 Å². The number of benzene rings is 1. The van der Waals surface area contributed by atoms with Gasteiger partial charge in [0.15, 0.2) is 0 Å². The molecule has 0 fully saturated rings. The summed E-state index contributed by atoms with van der Waals surface area (Å²) in [6.45, 7) is 1.94. The van der Waals surface area contributed by atoms with Crippen LogP contribution in [0, 0.1) is 5.41 Å². The van der Waals surface area contributed by atoms with E-state index >= 15 is 0 Å². The molecule has 1 aromatic rings. The third-order valence-electron chi connectivity index (χ3n) is 2.61. The Bertz CT molecular complexity index is 308. The van der Waals surface area contributed by atoms with Crippen LogP contribution in [-0.4, -0.2) is 30.9 Å². The molecule has 0 aromatic heterocycles. The van der Waals surface area contributed by atoms with E-state index in [-0.39, 0.29) is 5.84 Å². The van der Waals surface area contributed by atoms with Crippen molar-refractivity contribution in [1.29, 1.82) is 5.41 Å². The van der Waals surface area contributed by atoms with Gasteiger partial charge in [0.1, 0.15) is 0 Å². The van der Waals surface area contributed by atoms with E-state index in [1.807, 2.05) is 6.07 Å². The lowest BCUT2D eigenvalue weighted by Gasteiger charge is -2.15. The molecule has 0 radical (unpaired) electrons. The quantitative estimate of drug-likeness (QED) is 0.543. The fourth-order valence-corrected chi connectivity index (χ4v) is 1.62. The van der Waals surface area contributed by atoms with Crippen LogP contribution < -0.4 is 5.73 Å². The molecule has 1 rings (SSSR count). The highest BCUT2D eigenvalue weighted by Gasteiger charge is 1.99. The molecule has 0 aliphatic rings. The summed E-state index contributed by atoms with van der Waals surface area (Å²) in [6.07, 6.45) is 2.94. The zero-order chi connectivity index (χ0) is 11.8. The first-order valence-electron chi connectivity index (χ1n) is 5.74. The lowest BCUT2D eigenvalue weighted by atomic mass is 10.1. The number of amidine groups is 1. The Morgan fingerprint density at radius 1 is 1.25 bits per heavy atom. The van der Waals surface area contributed by atoms with Crippen molar-refractivity contribution in [2.24, 2.45) is 5.73 Å². The summed E-state index contributed by atoms with van der Waals surface area (Å²) in [7, 11) is 2.08. The van der Waals surface area contributed by atoms with Gasteiger partial charge < -0.3 is 10.6 Å². The fourth-order valence-electron chi connectivity index (χ4n) is 1.62. The predicted octanol–water partition coefficient (Wildman–Crippen LogP) is 1.88. The van der Waals surface area contributed by atoms with Gasteiger partial charge in [0.2, 0.25) is 0 Å². The Morgan fingerprint density at radius 2 is 1.94 bits per heavy atom. The highest BCUT2D eigenvalue weighted by Crippen LogP contribution is 2.03. The molecular formula is C13H21N3. The van der Waals surface area contributed by atoms with E-state index in [4.69, 9.17) is 11.1 Å². The second-order valence-corrected chi connectivity index (χ2v) is 4.17. The molecular weight excluding hydrogens is 198 g/mol. The van der Waals surface area contributed by atoms with Crippen LogP contribution in [0.15, 0.2) is 30.3 Å². The number of nitrogens with one attached hydrogen (secondary N) is 1. The minimum Gasteiger partial charge on any atom is -0.388 e. The lowest BCUT2D eigenvalue weighted by Crippen LogP contribution is -2.25. The topological polar surface area (TPSA) is 53.1 Å². The Kier molecular flexibility index (Phi) is 5.57. The van der Waals surface area contributed by atoms with Crippen molar-refractivity contribution in [3.8, 4) is 0 Å². The summed E-state index contributed by atoms with van der Waals surface area (Å²) in [5.41, 5.74) is 6.71. The molecule has 0 atom stereocenters. The van der Waals surface area contributed by atoms with Gasteiger partial charge in [0.25, 0.3) is 0 Å². The van der Waals surface area contributed by atoms with E-state index in [0.717, 1.165) is 25.9 Å². The average Bonchev–Trinajstić information content (AvgIpc) is 2.28. The first kappa shape index (κ1) is 12.7. The predicted molar refractivity (Wildman–Crippen MR) is 68.8 cm³/mol. The summed E-state index contributed by atoms with van der Waals surface area (Å²) < 4.78 is 0. The summed E-state index contributed by atoms with van der Waals surface area (Å²) in [4.78, 5) is 2.23. The molecule has 0 bridgehead atoms. The first-order chi connectivity index (χ1) is 7.68. The zero-order valence-corrected chi connectivity index (χ0v) is 9.95. The van der Waals surface area contributed by atoms with E-state index in [2.05, 4.69) is 36.2 Å². The van der Waals surface area contributed by atoms with E-state index in [1.54, 1.807) is 0 Å². The molecule has 0 saturated carbocycles. The van der Waals surface area contributed by atoms with Crippen LogP contribution in [0.5, 0.6) is 0 Å². The van der Waals surface area contributed by atoms with Crippen molar-refractivity contribution in [1.82, 2.24) is 4.90 Å². The maximum Gasteiger partial charge on any atom is 0.0918 e. The third-order valence-corrected chi connectivity index (χ3v) is 2.61. The van der Waals surface area contributed by atoms with Gasteiger partial charge in [-0.3, -0.25) is 5.41 Å². The molecule has 16 heavy (non-hydrogen) atoms. The minimum absolute atomic E-state index is 0.273. The molecule has 3 nitrogen and oxygen atoms in total. The summed E-state index contributed by atoms with van der Waals surface area (Å²) >= 11 is 0. The Morgan fingerprint density at radius 3 is 2.56 bits per heavy atom. The van der Waals surface area contributed by atoms with Gasteiger partial charge in [0.05, 0.1) is 5.84 Å². The summed E-state index contributed by atoms with van der Waals surface area (Å²) in [5, 5.41) is 7.15. The van der Waals surface area contributed by atoms with Crippen LogP contribution in [0.25, 0.3) is 0 Å². The van der Waals surface area contributed by atoms with Crippen LogP contribution in [0.1, 0.15) is 18.4 Å². The van der Waals surface area contributed by atoms with Crippen molar-refractivity contribution in [3.63, 3.8) is 0 Å². The highest BCUT2D eigenvalue weighted by molar-refractivity contribution is 5.76. The standard InChI is InChI=1S/C13H21N3/c1-16(11-9-13(14)15)10-5-8-12-6-3-2-4-7-12/h2-4,6-7H,5,8-11H2,1H3,(H3,14,15). The Hall–Kier alpha value is -1.35. The largest absolute Gasteiger partial charge is 0.388 e. The molecule has 1 aromatic carbocycles. The van der Waals surface area contributed by atoms with Gasteiger partial charge in [-0.15, -0.1) is 0 Å².